The van der Waals surface area contributed by atoms with Crippen LogP contribution < -0.4 is 10.2 Å². The standard InChI is InChI=1S/C10H13Cl2N3O2/c1-13-3-4-14(2)10-8(11)5-7(15(16)17)6-9(10)12/h5-6,13H,3-4H2,1-2H3. The van der Waals surface area contributed by atoms with E-state index in [-0.39, 0.29) is 15.7 Å². The molecule has 0 bridgehead atoms. The number of nitrogens with zero attached hydrogens (tertiary/aromatic N) is 2. The molecular weight excluding hydrogens is 265 g/mol. The van der Waals surface area contributed by atoms with Gasteiger partial charge in [-0.1, -0.05) is 23.2 Å². The molecule has 0 aliphatic rings. The largest absolute Gasteiger partial charge is 0.371 e. The number of nitrogens with one attached hydrogen (secondary N) is 1. The lowest BCUT2D eigenvalue weighted by Crippen LogP contribution is -2.27. The zero-order valence-electron chi connectivity index (χ0n) is 9.54. The third-order valence-corrected chi connectivity index (χ3v) is 2.87. The minimum Gasteiger partial charge on any atom is -0.371 e. The topological polar surface area (TPSA) is 58.4 Å². The number of nitro groups is 1. The van der Waals surface area contributed by atoms with E-state index in [0.29, 0.717) is 12.2 Å². The van der Waals surface area contributed by atoms with E-state index in [4.69, 9.17) is 23.2 Å². The zero-order valence-corrected chi connectivity index (χ0v) is 11.0. The van der Waals surface area contributed by atoms with Gasteiger partial charge in [-0.05, 0) is 7.05 Å². The molecule has 0 saturated heterocycles. The maximum Gasteiger partial charge on any atom is 0.272 e. The number of benzene rings is 1. The highest BCUT2D eigenvalue weighted by atomic mass is 35.5. The Morgan fingerprint density at radius 2 is 1.94 bits per heavy atom. The second-order valence-corrected chi connectivity index (χ2v) is 4.35. The summed E-state index contributed by atoms with van der Waals surface area (Å²) in [6.45, 7) is 1.47. The van der Waals surface area contributed by atoms with E-state index in [1.54, 1.807) is 0 Å². The second-order valence-electron chi connectivity index (χ2n) is 3.54. The molecule has 0 aliphatic heterocycles. The first-order valence-electron chi connectivity index (χ1n) is 4.96. The number of nitro benzene ring substituents is 1. The number of anilines is 1. The molecule has 0 fully saturated rings. The Balaban J connectivity index is 3.04. The zero-order chi connectivity index (χ0) is 13.0. The summed E-state index contributed by atoms with van der Waals surface area (Å²) in [5.74, 6) is 0. The number of hydrogen-bond donors (Lipinski definition) is 1. The quantitative estimate of drug-likeness (QED) is 0.664. The fourth-order valence-electron chi connectivity index (χ4n) is 1.41. The maximum absolute atomic E-state index is 10.6. The van der Waals surface area contributed by atoms with Gasteiger partial charge in [0.05, 0.1) is 20.7 Å². The molecule has 0 aliphatic carbocycles. The molecule has 1 N–H and O–H groups in total. The highest BCUT2D eigenvalue weighted by molar-refractivity contribution is 6.39. The van der Waals surface area contributed by atoms with Crippen molar-refractivity contribution < 1.29 is 4.92 Å². The van der Waals surface area contributed by atoms with Crippen molar-refractivity contribution in [1.29, 1.82) is 0 Å². The van der Waals surface area contributed by atoms with Crippen LogP contribution in [0, 0.1) is 10.1 Å². The van der Waals surface area contributed by atoms with Crippen molar-refractivity contribution in [1.82, 2.24) is 5.32 Å². The Morgan fingerprint density at radius 1 is 1.41 bits per heavy atom. The summed E-state index contributed by atoms with van der Waals surface area (Å²) < 4.78 is 0. The van der Waals surface area contributed by atoms with Crippen molar-refractivity contribution in [2.24, 2.45) is 0 Å². The normalized spacial score (nSPS) is 10.4. The second kappa shape index (κ2) is 6.05. The van der Waals surface area contributed by atoms with Crippen molar-refractivity contribution in [2.75, 3.05) is 32.1 Å². The molecule has 5 nitrogen and oxygen atoms in total. The van der Waals surface area contributed by atoms with E-state index >= 15 is 0 Å². The lowest BCUT2D eigenvalue weighted by Gasteiger charge is -2.21. The van der Waals surface area contributed by atoms with Gasteiger partial charge in [-0.2, -0.15) is 0 Å². The number of halogens is 2. The van der Waals surface area contributed by atoms with E-state index in [2.05, 4.69) is 5.32 Å². The lowest BCUT2D eigenvalue weighted by atomic mass is 10.2. The SMILES string of the molecule is CNCCN(C)c1c(Cl)cc([N+](=O)[O-])cc1Cl. The molecule has 17 heavy (non-hydrogen) atoms. The van der Waals surface area contributed by atoms with Gasteiger partial charge >= 0.3 is 0 Å². The van der Waals surface area contributed by atoms with Crippen LogP contribution in [0.15, 0.2) is 12.1 Å². The third-order valence-electron chi connectivity index (χ3n) is 2.29. The van der Waals surface area contributed by atoms with Gasteiger partial charge in [0, 0.05) is 32.3 Å². The first kappa shape index (κ1) is 14.0. The number of rotatable bonds is 5. The van der Waals surface area contributed by atoms with Gasteiger partial charge in [0.15, 0.2) is 0 Å². The Morgan fingerprint density at radius 3 is 2.35 bits per heavy atom. The van der Waals surface area contributed by atoms with Crippen LogP contribution in [0.25, 0.3) is 0 Å². The van der Waals surface area contributed by atoms with Gasteiger partial charge in [-0.3, -0.25) is 10.1 Å². The fourth-order valence-corrected chi connectivity index (χ4v) is 2.18. The van der Waals surface area contributed by atoms with Crippen LogP contribution in [0.2, 0.25) is 10.0 Å². The Kier molecular flexibility index (Phi) is 4.99. The Hall–Kier alpha value is -1.04. The molecule has 94 valence electrons. The first-order chi connectivity index (χ1) is 7.97. The van der Waals surface area contributed by atoms with Gasteiger partial charge in [0.2, 0.25) is 0 Å². The Bertz CT molecular complexity index is 403. The van der Waals surface area contributed by atoms with Gasteiger partial charge in [0.1, 0.15) is 0 Å². The van der Waals surface area contributed by atoms with Crippen LogP contribution >= 0.6 is 23.2 Å². The van der Waals surface area contributed by atoms with Crippen molar-refractivity contribution >= 4 is 34.6 Å². The van der Waals surface area contributed by atoms with Crippen LogP contribution in [0.3, 0.4) is 0 Å². The molecule has 0 amide bonds. The molecule has 0 unspecified atom stereocenters. The molecule has 1 aromatic rings. The summed E-state index contributed by atoms with van der Waals surface area (Å²) >= 11 is 12.0. The Labute approximate surface area is 109 Å². The summed E-state index contributed by atoms with van der Waals surface area (Å²) in [4.78, 5) is 12.0. The summed E-state index contributed by atoms with van der Waals surface area (Å²) in [6, 6.07) is 2.61. The van der Waals surface area contributed by atoms with Crippen molar-refractivity contribution in [2.45, 2.75) is 0 Å². The van der Waals surface area contributed by atoms with E-state index in [1.807, 2.05) is 19.0 Å². The highest BCUT2D eigenvalue weighted by Gasteiger charge is 2.16. The molecule has 0 atom stereocenters. The molecule has 0 radical (unpaired) electrons. The van der Waals surface area contributed by atoms with Crippen molar-refractivity contribution in [3.05, 3.63) is 32.3 Å². The maximum atomic E-state index is 10.6. The third kappa shape index (κ3) is 3.46. The van der Waals surface area contributed by atoms with E-state index in [1.165, 1.54) is 12.1 Å². The first-order valence-corrected chi connectivity index (χ1v) is 5.72. The number of hydrogen-bond acceptors (Lipinski definition) is 4. The smallest absolute Gasteiger partial charge is 0.272 e. The minimum absolute atomic E-state index is 0.106. The van der Waals surface area contributed by atoms with Crippen LogP contribution in [-0.2, 0) is 0 Å². The number of likely N-dealkylation sites (N-methyl/N-ethyl adjacent to an activating group) is 2. The van der Waals surface area contributed by atoms with Crippen LogP contribution in [0.1, 0.15) is 0 Å². The van der Waals surface area contributed by atoms with Gasteiger partial charge in [0.25, 0.3) is 5.69 Å². The molecular formula is C10H13Cl2N3O2. The van der Waals surface area contributed by atoms with Crippen molar-refractivity contribution in [3.63, 3.8) is 0 Å². The van der Waals surface area contributed by atoms with Crippen LogP contribution in [0.5, 0.6) is 0 Å². The predicted molar refractivity (Wildman–Crippen MR) is 70.3 cm³/mol. The fraction of sp³-hybridized carbons (Fsp3) is 0.400. The van der Waals surface area contributed by atoms with Crippen molar-refractivity contribution in [3.8, 4) is 0 Å². The molecule has 0 heterocycles. The van der Waals surface area contributed by atoms with Gasteiger partial charge in [-0.15, -0.1) is 0 Å². The average Bonchev–Trinajstić information content (AvgIpc) is 2.25. The number of non-ortho nitro benzene ring substituents is 1. The molecule has 1 aromatic carbocycles. The lowest BCUT2D eigenvalue weighted by molar-refractivity contribution is -0.384. The summed E-state index contributed by atoms with van der Waals surface area (Å²) in [6.07, 6.45) is 0. The van der Waals surface area contributed by atoms with E-state index in [9.17, 15) is 10.1 Å². The van der Waals surface area contributed by atoms with E-state index in [0.717, 1.165) is 6.54 Å². The van der Waals surface area contributed by atoms with E-state index < -0.39 is 4.92 Å². The monoisotopic (exact) mass is 277 g/mol. The summed E-state index contributed by atoms with van der Waals surface area (Å²) in [7, 11) is 3.67. The molecule has 0 spiro atoms. The molecule has 1 rings (SSSR count). The van der Waals surface area contributed by atoms with Crippen LogP contribution in [0.4, 0.5) is 11.4 Å². The highest BCUT2D eigenvalue weighted by Crippen LogP contribution is 2.36. The minimum atomic E-state index is -0.519. The summed E-state index contributed by atoms with van der Waals surface area (Å²) in [5.41, 5.74) is 0.500. The van der Waals surface area contributed by atoms with Gasteiger partial charge < -0.3 is 10.2 Å². The van der Waals surface area contributed by atoms with Crippen LogP contribution in [-0.4, -0.2) is 32.1 Å². The molecule has 0 aromatic heterocycles. The predicted octanol–water partition coefficient (Wildman–Crippen LogP) is 2.56. The molecule has 7 heteroatoms. The van der Waals surface area contributed by atoms with Gasteiger partial charge in [-0.25, -0.2) is 0 Å². The molecule has 0 saturated carbocycles. The average molecular weight is 278 g/mol. The summed E-state index contributed by atoms with van der Waals surface area (Å²) in [5, 5.41) is 14.2.